The van der Waals surface area contributed by atoms with E-state index >= 15 is 0 Å². The molecule has 0 radical (unpaired) electrons. The summed E-state index contributed by atoms with van der Waals surface area (Å²) in [7, 11) is 1.75. The van der Waals surface area contributed by atoms with Gasteiger partial charge in [0, 0.05) is 16.2 Å². The molecule has 1 N–H and O–H groups in total. The molecule has 1 fully saturated rings. The third kappa shape index (κ3) is 3.42. The fraction of sp³-hybridized carbons (Fsp3) is 0.600. The van der Waals surface area contributed by atoms with Gasteiger partial charge in [0.25, 0.3) is 0 Å². The van der Waals surface area contributed by atoms with Gasteiger partial charge in [-0.25, -0.2) is 0 Å². The number of hydrogen-bond acceptors (Lipinski definition) is 3. The highest BCUT2D eigenvalue weighted by Crippen LogP contribution is 2.38. The second-order valence-corrected chi connectivity index (χ2v) is 6.04. The third-order valence-electron chi connectivity index (χ3n) is 3.52. The zero-order chi connectivity index (χ0) is 12.8. The Morgan fingerprint density at radius 2 is 2.06 bits per heavy atom. The monoisotopic (exact) mass is 265 g/mol. The number of benzene rings is 1. The highest BCUT2D eigenvalue weighted by Gasteiger charge is 2.25. The molecule has 2 rings (SSSR count). The summed E-state index contributed by atoms with van der Waals surface area (Å²) in [5, 5.41) is 4.31. The van der Waals surface area contributed by atoms with Crippen LogP contribution < -0.4 is 10.1 Å². The van der Waals surface area contributed by atoms with Crippen molar-refractivity contribution in [3.8, 4) is 5.75 Å². The average Bonchev–Trinajstić information content (AvgIpc) is 2.42. The Balaban J connectivity index is 2.05. The van der Waals surface area contributed by atoms with E-state index < -0.39 is 0 Å². The summed E-state index contributed by atoms with van der Waals surface area (Å²) in [4.78, 5) is 1.27. The lowest BCUT2D eigenvalue weighted by Crippen LogP contribution is -2.40. The summed E-state index contributed by atoms with van der Waals surface area (Å²) >= 11 is 1.98. The van der Waals surface area contributed by atoms with Crippen LogP contribution in [-0.4, -0.2) is 24.9 Å². The van der Waals surface area contributed by atoms with Crippen molar-refractivity contribution in [1.82, 2.24) is 5.32 Å². The van der Waals surface area contributed by atoms with Gasteiger partial charge >= 0.3 is 0 Å². The molecule has 0 aliphatic heterocycles. The van der Waals surface area contributed by atoms with Crippen LogP contribution in [0.15, 0.2) is 29.2 Å². The largest absolute Gasteiger partial charge is 0.496 e. The van der Waals surface area contributed by atoms with Crippen molar-refractivity contribution < 1.29 is 4.74 Å². The number of rotatable bonds is 5. The van der Waals surface area contributed by atoms with Gasteiger partial charge in [-0.05, 0) is 31.5 Å². The standard InChI is InChI=1S/C15H23NOS/c1-3-16-12-8-4-6-10-14(12)18-15-11-7-5-9-13(15)17-2/h5,7,9,11-12,14,16H,3-4,6,8,10H2,1-2H3. The zero-order valence-corrected chi connectivity index (χ0v) is 12.1. The van der Waals surface area contributed by atoms with E-state index in [1.54, 1.807) is 7.11 Å². The van der Waals surface area contributed by atoms with Gasteiger partial charge < -0.3 is 10.1 Å². The van der Waals surface area contributed by atoms with E-state index in [2.05, 4.69) is 24.4 Å². The van der Waals surface area contributed by atoms with Crippen LogP contribution in [0.1, 0.15) is 32.6 Å². The van der Waals surface area contributed by atoms with Crippen molar-refractivity contribution in [1.29, 1.82) is 0 Å². The number of nitrogens with one attached hydrogen (secondary N) is 1. The molecule has 1 aromatic carbocycles. The molecule has 18 heavy (non-hydrogen) atoms. The molecule has 0 bridgehead atoms. The van der Waals surface area contributed by atoms with Crippen LogP contribution in [0, 0.1) is 0 Å². The van der Waals surface area contributed by atoms with E-state index in [0.717, 1.165) is 12.3 Å². The predicted octanol–water partition coefficient (Wildman–Crippen LogP) is 3.71. The molecule has 1 aliphatic rings. The van der Waals surface area contributed by atoms with Gasteiger partial charge in [-0.1, -0.05) is 31.9 Å². The van der Waals surface area contributed by atoms with Crippen LogP contribution in [-0.2, 0) is 0 Å². The lowest BCUT2D eigenvalue weighted by molar-refractivity contribution is 0.388. The highest BCUT2D eigenvalue weighted by atomic mass is 32.2. The van der Waals surface area contributed by atoms with Gasteiger partial charge in [0.2, 0.25) is 0 Å². The third-order valence-corrected chi connectivity index (χ3v) is 4.97. The molecule has 1 aromatic rings. The maximum Gasteiger partial charge on any atom is 0.132 e. The van der Waals surface area contributed by atoms with Crippen LogP contribution in [0.2, 0.25) is 0 Å². The van der Waals surface area contributed by atoms with Gasteiger partial charge in [-0.15, -0.1) is 11.8 Å². The molecule has 1 saturated carbocycles. The zero-order valence-electron chi connectivity index (χ0n) is 11.3. The summed E-state index contributed by atoms with van der Waals surface area (Å²) in [5.74, 6) is 1.00. The summed E-state index contributed by atoms with van der Waals surface area (Å²) in [6, 6.07) is 8.99. The highest BCUT2D eigenvalue weighted by molar-refractivity contribution is 8.00. The van der Waals surface area contributed by atoms with E-state index in [9.17, 15) is 0 Å². The van der Waals surface area contributed by atoms with Crippen molar-refractivity contribution in [2.75, 3.05) is 13.7 Å². The molecule has 0 spiro atoms. The van der Waals surface area contributed by atoms with E-state index in [1.807, 2.05) is 23.9 Å². The van der Waals surface area contributed by atoms with Crippen LogP contribution in [0.4, 0.5) is 0 Å². The quantitative estimate of drug-likeness (QED) is 0.877. The summed E-state index contributed by atoms with van der Waals surface area (Å²) in [6.45, 7) is 3.26. The predicted molar refractivity (Wildman–Crippen MR) is 78.6 cm³/mol. The Morgan fingerprint density at radius 1 is 1.28 bits per heavy atom. The number of hydrogen-bond donors (Lipinski definition) is 1. The lowest BCUT2D eigenvalue weighted by Gasteiger charge is -2.31. The summed E-state index contributed by atoms with van der Waals surface area (Å²) in [6.07, 6.45) is 5.33. The number of thioether (sulfide) groups is 1. The molecule has 2 unspecified atom stereocenters. The van der Waals surface area contributed by atoms with Crippen LogP contribution in [0.5, 0.6) is 5.75 Å². The first-order chi connectivity index (χ1) is 8.85. The molecule has 0 saturated heterocycles. The first-order valence-electron chi connectivity index (χ1n) is 6.88. The second-order valence-electron chi connectivity index (χ2n) is 4.76. The molecule has 2 nitrogen and oxygen atoms in total. The summed E-state index contributed by atoms with van der Waals surface area (Å²) in [5.41, 5.74) is 0. The van der Waals surface area contributed by atoms with E-state index in [4.69, 9.17) is 4.74 Å². The molecule has 1 aliphatic carbocycles. The number of methoxy groups -OCH3 is 1. The molecular weight excluding hydrogens is 242 g/mol. The Bertz CT molecular complexity index is 367. The minimum absolute atomic E-state index is 0.652. The molecule has 0 aromatic heterocycles. The topological polar surface area (TPSA) is 21.3 Å². The van der Waals surface area contributed by atoms with E-state index in [1.165, 1.54) is 30.6 Å². The molecule has 100 valence electrons. The SMILES string of the molecule is CCNC1CCCCC1Sc1ccccc1OC. The van der Waals surface area contributed by atoms with Crippen LogP contribution in [0.25, 0.3) is 0 Å². The maximum atomic E-state index is 5.44. The number of ether oxygens (including phenoxy) is 1. The van der Waals surface area contributed by atoms with Crippen LogP contribution >= 0.6 is 11.8 Å². The Kier molecular flexibility index (Phi) is 5.39. The van der Waals surface area contributed by atoms with Crippen LogP contribution in [0.3, 0.4) is 0 Å². The van der Waals surface area contributed by atoms with Gasteiger partial charge in [0.1, 0.15) is 5.75 Å². The van der Waals surface area contributed by atoms with E-state index in [0.29, 0.717) is 11.3 Å². The first kappa shape index (κ1) is 13.8. The van der Waals surface area contributed by atoms with Crippen molar-refractivity contribution in [2.45, 2.75) is 48.8 Å². The van der Waals surface area contributed by atoms with Gasteiger partial charge in [0.15, 0.2) is 0 Å². The molecule has 2 atom stereocenters. The van der Waals surface area contributed by atoms with Crippen molar-refractivity contribution >= 4 is 11.8 Å². The number of para-hydroxylation sites is 1. The first-order valence-corrected chi connectivity index (χ1v) is 7.76. The van der Waals surface area contributed by atoms with Crippen molar-refractivity contribution in [3.05, 3.63) is 24.3 Å². The molecular formula is C15H23NOS. The Hall–Kier alpha value is -0.670. The average molecular weight is 265 g/mol. The maximum absolute atomic E-state index is 5.44. The Labute approximate surface area is 114 Å². The lowest BCUT2D eigenvalue weighted by atomic mass is 9.95. The molecule has 0 heterocycles. The second kappa shape index (κ2) is 7.05. The fourth-order valence-corrected chi connectivity index (χ4v) is 4.04. The van der Waals surface area contributed by atoms with Gasteiger partial charge in [-0.3, -0.25) is 0 Å². The smallest absolute Gasteiger partial charge is 0.132 e. The van der Waals surface area contributed by atoms with Gasteiger partial charge in [0.05, 0.1) is 7.11 Å². The summed E-state index contributed by atoms with van der Waals surface area (Å²) < 4.78 is 5.44. The normalized spacial score (nSPS) is 23.9. The minimum Gasteiger partial charge on any atom is -0.496 e. The van der Waals surface area contributed by atoms with Crippen molar-refractivity contribution in [3.63, 3.8) is 0 Å². The Morgan fingerprint density at radius 3 is 2.83 bits per heavy atom. The minimum atomic E-state index is 0.652. The van der Waals surface area contributed by atoms with Gasteiger partial charge in [-0.2, -0.15) is 0 Å². The fourth-order valence-electron chi connectivity index (χ4n) is 2.61. The molecule has 3 heteroatoms. The molecule has 0 amide bonds. The van der Waals surface area contributed by atoms with E-state index in [-0.39, 0.29) is 0 Å². The van der Waals surface area contributed by atoms with Crippen molar-refractivity contribution in [2.24, 2.45) is 0 Å².